The summed E-state index contributed by atoms with van der Waals surface area (Å²) in [4.78, 5) is -0.354. The molecule has 1 aromatic carbocycles. The van der Waals surface area contributed by atoms with Crippen LogP contribution >= 0.6 is 15.9 Å². The summed E-state index contributed by atoms with van der Waals surface area (Å²) in [5.41, 5.74) is 5.89. The van der Waals surface area contributed by atoms with Gasteiger partial charge in [-0.05, 0) is 60.7 Å². The molecule has 2 rings (SSSR count). The van der Waals surface area contributed by atoms with Gasteiger partial charge < -0.3 is 5.73 Å². The fourth-order valence-corrected chi connectivity index (χ4v) is 4.12. The Hall–Kier alpha value is -0.660. The number of halogens is 2. The van der Waals surface area contributed by atoms with Crippen molar-refractivity contribution in [2.75, 3.05) is 12.3 Å². The zero-order valence-corrected chi connectivity index (χ0v) is 13.8. The molecule has 0 spiro atoms. The van der Waals surface area contributed by atoms with Crippen LogP contribution < -0.4 is 5.73 Å². The second-order valence-corrected chi connectivity index (χ2v) is 8.13. The van der Waals surface area contributed by atoms with E-state index in [9.17, 15) is 12.8 Å². The van der Waals surface area contributed by atoms with E-state index in [2.05, 4.69) is 15.9 Å². The van der Waals surface area contributed by atoms with Crippen LogP contribution in [-0.4, -0.2) is 25.3 Å². The number of nitrogens with zero attached hydrogens (tertiary/aromatic N) is 1. The number of hydrogen-bond donors (Lipinski definition) is 1. The molecule has 112 valence electrons. The van der Waals surface area contributed by atoms with Crippen molar-refractivity contribution in [3.8, 4) is 0 Å². The molecule has 1 aliphatic rings. The predicted molar refractivity (Wildman–Crippen MR) is 80.3 cm³/mol. The van der Waals surface area contributed by atoms with E-state index >= 15 is 0 Å². The number of sulfonamides is 1. The summed E-state index contributed by atoms with van der Waals surface area (Å²) >= 11 is 3.09. The Kier molecular flexibility index (Phi) is 4.41. The van der Waals surface area contributed by atoms with Crippen LogP contribution in [0.4, 0.5) is 10.1 Å². The molecule has 0 bridgehead atoms. The molecular formula is C13H18BrFN2O2S. The highest BCUT2D eigenvalue weighted by Crippen LogP contribution is 2.34. The third-order valence-electron chi connectivity index (χ3n) is 3.35. The van der Waals surface area contributed by atoms with Crippen molar-refractivity contribution < 1.29 is 12.8 Å². The molecule has 7 heteroatoms. The summed E-state index contributed by atoms with van der Waals surface area (Å²) in [6, 6.07) is 2.05. The number of rotatable bonds is 5. The van der Waals surface area contributed by atoms with Crippen molar-refractivity contribution in [2.24, 2.45) is 5.92 Å². The lowest BCUT2D eigenvalue weighted by Gasteiger charge is -2.26. The van der Waals surface area contributed by atoms with Crippen molar-refractivity contribution in [1.82, 2.24) is 4.31 Å². The first-order valence-corrected chi connectivity index (χ1v) is 8.73. The fourth-order valence-electron chi connectivity index (χ4n) is 2.01. The Labute approximate surface area is 127 Å². The van der Waals surface area contributed by atoms with Crippen LogP contribution in [-0.2, 0) is 10.0 Å². The van der Waals surface area contributed by atoms with Crippen LogP contribution in [0.3, 0.4) is 0 Å². The van der Waals surface area contributed by atoms with Gasteiger partial charge in [0.05, 0.1) is 0 Å². The number of hydrogen-bond acceptors (Lipinski definition) is 3. The molecular weight excluding hydrogens is 347 g/mol. The monoisotopic (exact) mass is 364 g/mol. The topological polar surface area (TPSA) is 63.4 Å². The van der Waals surface area contributed by atoms with Crippen molar-refractivity contribution in [3.05, 3.63) is 22.4 Å². The highest BCUT2D eigenvalue weighted by molar-refractivity contribution is 9.10. The van der Waals surface area contributed by atoms with Crippen molar-refractivity contribution in [1.29, 1.82) is 0 Å². The van der Waals surface area contributed by atoms with E-state index < -0.39 is 15.8 Å². The minimum atomic E-state index is -3.87. The molecule has 1 aliphatic carbocycles. The second kappa shape index (κ2) is 5.61. The molecule has 0 unspecified atom stereocenters. The van der Waals surface area contributed by atoms with E-state index in [4.69, 9.17) is 5.73 Å². The quantitative estimate of drug-likeness (QED) is 0.816. The molecule has 1 saturated carbocycles. The van der Waals surface area contributed by atoms with Crippen LogP contribution in [0.15, 0.2) is 21.5 Å². The molecule has 0 atom stereocenters. The fraction of sp³-hybridized carbons (Fsp3) is 0.538. The lowest BCUT2D eigenvalue weighted by atomic mass is 10.3. The number of benzene rings is 1. The molecule has 1 aromatic rings. The molecule has 1 fully saturated rings. The van der Waals surface area contributed by atoms with Gasteiger partial charge in [0.2, 0.25) is 10.0 Å². The first-order valence-electron chi connectivity index (χ1n) is 6.50. The van der Waals surface area contributed by atoms with Gasteiger partial charge >= 0.3 is 0 Å². The molecule has 2 N–H and O–H groups in total. The summed E-state index contributed by atoms with van der Waals surface area (Å²) in [5.74, 6) is -0.393. The van der Waals surface area contributed by atoms with Gasteiger partial charge in [0.1, 0.15) is 10.7 Å². The van der Waals surface area contributed by atoms with Gasteiger partial charge in [0.25, 0.3) is 0 Å². The van der Waals surface area contributed by atoms with E-state index in [0.29, 0.717) is 16.9 Å². The standard InChI is InChI=1S/C13H18BrFN2O2S/c1-8(2)17(7-9-3-4-9)20(18,19)13-6-12(16)10(14)5-11(13)15/h5-6,8-9H,3-4,7,16H2,1-2H3. The van der Waals surface area contributed by atoms with E-state index in [-0.39, 0.29) is 16.6 Å². The first-order chi connectivity index (χ1) is 9.23. The highest BCUT2D eigenvalue weighted by atomic mass is 79.9. The van der Waals surface area contributed by atoms with Crippen LogP contribution in [0, 0.1) is 11.7 Å². The number of nitrogen functional groups attached to an aromatic ring is 1. The lowest BCUT2D eigenvalue weighted by Crippen LogP contribution is -2.38. The Morgan fingerprint density at radius 2 is 2.05 bits per heavy atom. The average Bonchev–Trinajstić information content (AvgIpc) is 3.13. The predicted octanol–water partition coefficient (Wildman–Crippen LogP) is 2.98. The molecule has 4 nitrogen and oxygen atoms in total. The second-order valence-electron chi connectivity index (χ2n) is 5.42. The van der Waals surface area contributed by atoms with Crippen LogP contribution in [0.2, 0.25) is 0 Å². The van der Waals surface area contributed by atoms with Crippen molar-refractivity contribution in [3.63, 3.8) is 0 Å². The van der Waals surface area contributed by atoms with Gasteiger partial charge in [-0.1, -0.05) is 0 Å². The van der Waals surface area contributed by atoms with Gasteiger partial charge in [-0.2, -0.15) is 4.31 Å². The van der Waals surface area contributed by atoms with Gasteiger partial charge in [0, 0.05) is 22.7 Å². The molecule has 0 amide bonds. The molecule has 20 heavy (non-hydrogen) atoms. The molecule has 0 radical (unpaired) electrons. The smallest absolute Gasteiger partial charge is 0.246 e. The molecule has 0 aromatic heterocycles. The SMILES string of the molecule is CC(C)N(CC1CC1)S(=O)(=O)c1cc(N)c(Br)cc1F. The van der Waals surface area contributed by atoms with Gasteiger partial charge in [-0.15, -0.1) is 0 Å². The maximum atomic E-state index is 14.0. The van der Waals surface area contributed by atoms with E-state index in [0.717, 1.165) is 18.9 Å². The lowest BCUT2D eigenvalue weighted by molar-refractivity contribution is 0.340. The van der Waals surface area contributed by atoms with E-state index in [1.165, 1.54) is 10.4 Å². The largest absolute Gasteiger partial charge is 0.398 e. The Bertz CT molecular complexity index is 615. The average molecular weight is 365 g/mol. The maximum absolute atomic E-state index is 14.0. The van der Waals surface area contributed by atoms with Crippen LogP contribution in [0.1, 0.15) is 26.7 Å². The number of nitrogens with two attached hydrogens (primary N) is 1. The summed E-state index contributed by atoms with van der Waals surface area (Å²) < 4.78 is 41.0. The molecule has 0 heterocycles. The normalized spacial score (nSPS) is 16.1. The van der Waals surface area contributed by atoms with E-state index in [1.807, 2.05) is 0 Å². The summed E-state index contributed by atoms with van der Waals surface area (Å²) in [5, 5.41) is 0. The Morgan fingerprint density at radius 1 is 1.45 bits per heavy atom. The maximum Gasteiger partial charge on any atom is 0.246 e. The van der Waals surface area contributed by atoms with Gasteiger partial charge in [-0.25, -0.2) is 12.8 Å². The van der Waals surface area contributed by atoms with Crippen molar-refractivity contribution >= 4 is 31.6 Å². The first kappa shape index (κ1) is 15.7. The van der Waals surface area contributed by atoms with Crippen LogP contribution in [0.5, 0.6) is 0 Å². The molecule has 0 aliphatic heterocycles. The van der Waals surface area contributed by atoms with Crippen LogP contribution in [0.25, 0.3) is 0 Å². The number of anilines is 1. The Morgan fingerprint density at radius 3 is 2.55 bits per heavy atom. The highest BCUT2D eigenvalue weighted by Gasteiger charge is 2.35. The van der Waals surface area contributed by atoms with Gasteiger partial charge in [-0.3, -0.25) is 0 Å². The Balaban J connectivity index is 2.44. The third-order valence-corrected chi connectivity index (χ3v) is 6.09. The zero-order chi connectivity index (χ0) is 15.1. The summed E-state index contributed by atoms with van der Waals surface area (Å²) in [7, 11) is -3.87. The molecule has 0 saturated heterocycles. The summed E-state index contributed by atoms with van der Waals surface area (Å²) in [6.45, 7) is 4.02. The van der Waals surface area contributed by atoms with Gasteiger partial charge in [0.15, 0.2) is 0 Å². The minimum absolute atomic E-state index is 0.208. The zero-order valence-electron chi connectivity index (χ0n) is 11.4. The van der Waals surface area contributed by atoms with E-state index in [1.54, 1.807) is 13.8 Å². The minimum Gasteiger partial charge on any atom is -0.398 e. The third kappa shape index (κ3) is 3.15. The summed E-state index contributed by atoms with van der Waals surface area (Å²) in [6.07, 6.45) is 2.06. The van der Waals surface area contributed by atoms with Crippen molar-refractivity contribution in [2.45, 2.75) is 37.6 Å².